The number of hydrogen-bond acceptors (Lipinski definition) is 2. The first-order valence-corrected chi connectivity index (χ1v) is 6.86. The molecule has 2 unspecified atom stereocenters. The number of anilines is 2. The van der Waals surface area contributed by atoms with Gasteiger partial charge in [0, 0.05) is 30.3 Å². The lowest BCUT2D eigenvalue weighted by atomic mass is 10.2. The van der Waals surface area contributed by atoms with Crippen LogP contribution in [0.2, 0.25) is 0 Å². The molecule has 1 aromatic rings. The zero-order valence-corrected chi connectivity index (χ0v) is 11.1. The second-order valence-corrected chi connectivity index (χ2v) is 5.51. The summed E-state index contributed by atoms with van der Waals surface area (Å²) < 4.78 is 0. The second-order valence-electron chi connectivity index (χ2n) is 5.51. The Hall–Kier alpha value is -1.84. The van der Waals surface area contributed by atoms with Crippen LogP contribution >= 0.6 is 0 Å². The highest BCUT2D eigenvalue weighted by Crippen LogP contribution is 2.38. The van der Waals surface area contributed by atoms with Crippen molar-refractivity contribution in [3.8, 4) is 0 Å². The molecule has 2 amide bonds. The number of benzene rings is 1. The molecule has 1 saturated heterocycles. The fraction of sp³-hybridized carbons (Fsp3) is 0.467. The van der Waals surface area contributed by atoms with Crippen molar-refractivity contribution in [2.24, 2.45) is 11.8 Å². The van der Waals surface area contributed by atoms with Crippen molar-refractivity contribution < 1.29 is 9.59 Å². The zero-order chi connectivity index (χ0) is 13.4. The van der Waals surface area contributed by atoms with Crippen LogP contribution in [-0.4, -0.2) is 18.4 Å². The summed E-state index contributed by atoms with van der Waals surface area (Å²) in [7, 11) is 0. The van der Waals surface area contributed by atoms with Crippen LogP contribution in [-0.2, 0) is 9.59 Å². The van der Waals surface area contributed by atoms with Crippen molar-refractivity contribution in [3.63, 3.8) is 0 Å². The van der Waals surface area contributed by atoms with Crippen molar-refractivity contribution in [1.82, 2.24) is 0 Å². The van der Waals surface area contributed by atoms with Crippen molar-refractivity contribution in [1.29, 1.82) is 0 Å². The maximum absolute atomic E-state index is 11.9. The van der Waals surface area contributed by atoms with Gasteiger partial charge < -0.3 is 10.2 Å². The minimum absolute atomic E-state index is 0.0948. The number of carbonyl (C=O) groups excluding carboxylic acids is 2. The Morgan fingerprint density at radius 3 is 2.84 bits per heavy atom. The molecule has 0 bridgehead atoms. The van der Waals surface area contributed by atoms with E-state index in [1.165, 1.54) is 0 Å². The minimum atomic E-state index is 0.0948. The van der Waals surface area contributed by atoms with Crippen LogP contribution in [0.15, 0.2) is 24.3 Å². The van der Waals surface area contributed by atoms with E-state index >= 15 is 0 Å². The molecule has 1 N–H and O–H groups in total. The highest BCUT2D eigenvalue weighted by Gasteiger charge is 2.39. The SMILES string of the molecule is CC1CC1C(=O)Nc1cccc(N2CCCC2=O)c1. The van der Waals surface area contributed by atoms with Gasteiger partial charge in [-0.1, -0.05) is 13.0 Å². The minimum Gasteiger partial charge on any atom is -0.326 e. The first kappa shape index (κ1) is 12.2. The van der Waals surface area contributed by atoms with Gasteiger partial charge in [0.05, 0.1) is 0 Å². The van der Waals surface area contributed by atoms with E-state index in [1.54, 1.807) is 4.90 Å². The Morgan fingerprint density at radius 1 is 1.42 bits per heavy atom. The maximum atomic E-state index is 11.9. The molecule has 0 radical (unpaired) electrons. The molecule has 1 aromatic carbocycles. The van der Waals surface area contributed by atoms with Gasteiger partial charge in [0.25, 0.3) is 0 Å². The van der Waals surface area contributed by atoms with Crippen molar-refractivity contribution in [2.45, 2.75) is 26.2 Å². The lowest BCUT2D eigenvalue weighted by Crippen LogP contribution is -2.23. The lowest BCUT2D eigenvalue weighted by Gasteiger charge is -2.16. The Labute approximate surface area is 112 Å². The normalized spacial score (nSPS) is 25.5. The van der Waals surface area contributed by atoms with Gasteiger partial charge in [-0.05, 0) is 37.0 Å². The standard InChI is InChI=1S/C15H18N2O2/c1-10-8-13(10)15(19)16-11-4-2-5-12(9-11)17-7-3-6-14(17)18/h2,4-5,9-10,13H,3,6-8H2,1H3,(H,16,19). The molecular weight excluding hydrogens is 240 g/mol. The molecule has 3 rings (SSSR count). The monoisotopic (exact) mass is 258 g/mol. The predicted molar refractivity (Wildman–Crippen MR) is 73.9 cm³/mol. The second kappa shape index (κ2) is 4.68. The number of nitrogens with zero attached hydrogens (tertiary/aromatic N) is 1. The molecule has 1 heterocycles. The summed E-state index contributed by atoms with van der Waals surface area (Å²) in [5, 5.41) is 2.94. The van der Waals surface area contributed by atoms with Gasteiger partial charge in [-0.3, -0.25) is 9.59 Å². The maximum Gasteiger partial charge on any atom is 0.227 e. The Balaban J connectivity index is 1.72. The van der Waals surface area contributed by atoms with Crippen molar-refractivity contribution in [2.75, 3.05) is 16.8 Å². The number of nitrogens with one attached hydrogen (secondary N) is 1. The van der Waals surface area contributed by atoms with E-state index in [0.29, 0.717) is 12.3 Å². The summed E-state index contributed by atoms with van der Waals surface area (Å²) in [6, 6.07) is 7.55. The molecule has 1 aliphatic carbocycles. The fourth-order valence-corrected chi connectivity index (χ4v) is 2.60. The lowest BCUT2D eigenvalue weighted by molar-refractivity contribution is -0.118. The molecule has 1 aliphatic heterocycles. The third-order valence-electron chi connectivity index (χ3n) is 3.95. The van der Waals surface area contributed by atoms with Gasteiger partial charge in [0.2, 0.25) is 11.8 Å². The highest BCUT2D eigenvalue weighted by atomic mass is 16.2. The van der Waals surface area contributed by atoms with Crippen molar-refractivity contribution in [3.05, 3.63) is 24.3 Å². The topological polar surface area (TPSA) is 49.4 Å². The van der Waals surface area contributed by atoms with Crippen LogP contribution in [0.4, 0.5) is 11.4 Å². The quantitative estimate of drug-likeness (QED) is 0.905. The van der Waals surface area contributed by atoms with Crippen LogP contribution in [0.1, 0.15) is 26.2 Å². The molecule has 1 saturated carbocycles. The average molecular weight is 258 g/mol. The summed E-state index contributed by atoms with van der Waals surface area (Å²) in [5.74, 6) is 0.928. The third-order valence-corrected chi connectivity index (χ3v) is 3.95. The zero-order valence-electron chi connectivity index (χ0n) is 11.1. The van der Waals surface area contributed by atoms with Gasteiger partial charge in [0.1, 0.15) is 0 Å². The Morgan fingerprint density at radius 2 is 2.21 bits per heavy atom. The van der Waals surface area contributed by atoms with E-state index in [4.69, 9.17) is 0 Å². The Kier molecular flexibility index (Phi) is 3.01. The van der Waals surface area contributed by atoms with E-state index < -0.39 is 0 Å². The van der Waals surface area contributed by atoms with Crippen LogP contribution in [0, 0.1) is 11.8 Å². The van der Waals surface area contributed by atoms with Gasteiger partial charge in [0.15, 0.2) is 0 Å². The predicted octanol–water partition coefficient (Wildman–Crippen LogP) is 2.41. The number of hydrogen-bond donors (Lipinski definition) is 1. The van der Waals surface area contributed by atoms with E-state index in [9.17, 15) is 9.59 Å². The molecule has 19 heavy (non-hydrogen) atoms. The summed E-state index contributed by atoms with van der Waals surface area (Å²) in [6.45, 7) is 2.86. The summed E-state index contributed by atoms with van der Waals surface area (Å²) in [5.41, 5.74) is 1.66. The van der Waals surface area contributed by atoms with Crippen LogP contribution in [0.5, 0.6) is 0 Å². The summed E-state index contributed by atoms with van der Waals surface area (Å²) >= 11 is 0. The van der Waals surface area contributed by atoms with E-state index in [2.05, 4.69) is 12.2 Å². The summed E-state index contributed by atoms with van der Waals surface area (Å²) in [6.07, 6.45) is 2.52. The molecule has 100 valence electrons. The molecule has 4 heteroatoms. The van der Waals surface area contributed by atoms with E-state index in [0.717, 1.165) is 30.8 Å². The molecule has 2 atom stereocenters. The van der Waals surface area contributed by atoms with Gasteiger partial charge in [-0.2, -0.15) is 0 Å². The largest absolute Gasteiger partial charge is 0.326 e. The number of amides is 2. The van der Waals surface area contributed by atoms with Gasteiger partial charge in [-0.15, -0.1) is 0 Å². The first-order valence-electron chi connectivity index (χ1n) is 6.86. The highest BCUT2D eigenvalue weighted by molar-refractivity contribution is 5.98. The number of rotatable bonds is 3. The molecule has 0 spiro atoms. The molecular formula is C15H18N2O2. The molecule has 4 nitrogen and oxygen atoms in total. The first-order chi connectivity index (χ1) is 9.15. The van der Waals surface area contributed by atoms with Crippen LogP contribution in [0.3, 0.4) is 0 Å². The van der Waals surface area contributed by atoms with E-state index in [-0.39, 0.29) is 17.7 Å². The fourth-order valence-electron chi connectivity index (χ4n) is 2.60. The van der Waals surface area contributed by atoms with E-state index in [1.807, 2.05) is 24.3 Å². The van der Waals surface area contributed by atoms with Gasteiger partial charge >= 0.3 is 0 Å². The van der Waals surface area contributed by atoms with Gasteiger partial charge in [-0.25, -0.2) is 0 Å². The summed E-state index contributed by atoms with van der Waals surface area (Å²) in [4.78, 5) is 25.4. The molecule has 0 aromatic heterocycles. The van der Waals surface area contributed by atoms with Crippen LogP contribution in [0.25, 0.3) is 0 Å². The number of carbonyl (C=O) groups is 2. The Bertz CT molecular complexity index is 527. The van der Waals surface area contributed by atoms with Crippen molar-refractivity contribution >= 4 is 23.2 Å². The third kappa shape index (κ3) is 2.48. The molecule has 2 fully saturated rings. The average Bonchev–Trinajstić information content (AvgIpc) is 2.96. The van der Waals surface area contributed by atoms with Crippen LogP contribution < -0.4 is 10.2 Å². The smallest absolute Gasteiger partial charge is 0.227 e. The molecule has 2 aliphatic rings.